The zero-order chi connectivity index (χ0) is 13.5. The van der Waals surface area contributed by atoms with Crippen molar-refractivity contribution < 1.29 is 14.3 Å². The zero-order valence-electron chi connectivity index (χ0n) is 11.0. The molecule has 0 spiro atoms. The van der Waals surface area contributed by atoms with Gasteiger partial charge < -0.3 is 15.2 Å². The van der Waals surface area contributed by atoms with E-state index in [-0.39, 0.29) is 6.10 Å². The zero-order valence-corrected chi connectivity index (χ0v) is 11.0. The number of carbonyl (C=O) groups excluding carboxylic acids is 1. The van der Waals surface area contributed by atoms with Crippen LogP contribution in [0, 0.1) is 0 Å². The molecule has 0 saturated heterocycles. The molecule has 0 aliphatic carbocycles. The molecule has 0 aliphatic heterocycles. The second-order valence-electron chi connectivity index (χ2n) is 3.98. The summed E-state index contributed by atoms with van der Waals surface area (Å²) in [5.74, 6) is 0.860. The van der Waals surface area contributed by atoms with Gasteiger partial charge in [-0.15, -0.1) is 0 Å². The number of primary amides is 1. The lowest BCUT2D eigenvalue weighted by molar-refractivity contribution is -0.113. The minimum atomic E-state index is -0.478. The Morgan fingerprint density at radius 1 is 1.44 bits per heavy atom. The number of benzene rings is 1. The van der Waals surface area contributed by atoms with E-state index in [0.29, 0.717) is 11.5 Å². The van der Waals surface area contributed by atoms with Crippen LogP contribution >= 0.6 is 0 Å². The minimum Gasteiger partial charge on any atom is -0.493 e. The number of hydrogen-bond donors (Lipinski definition) is 1. The molecule has 98 valence electrons. The fraction of sp³-hybridized carbons (Fsp3) is 0.357. The van der Waals surface area contributed by atoms with Gasteiger partial charge in [0, 0.05) is 6.08 Å². The van der Waals surface area contributed by atoms with E-state index >= 15 is 0 Å². The van der Waals surface area contributed by atoms with E-state index in [1.807, 2.05) is 19.1 Å². The van der Waals surface area contributed by atoms with Crippen molar-refractivity contribution in [2.75, 3.05) is 7.11 Å². The number of hydrogen-bond acceptors (Lipinski definition) is 3. The van der Waals surface area contributed by atoms with E-state index in [0.717, 1.165) is 12.0 Å². The molecule has 0 aliphatic rings. The van der Waals surface area contributed by atoms with Gasteiger partial charge in [0.25, 0.3) is 0 Å². The predicted molar refractivity (Wildman–Crippen MR) is 71.6 cm³/mol. The largest absolute Gasteiger partial charge is 0.493 e. The molecule has 0 bridgehead atoms. The van der Waals surface area contributed by atoms with Crippen molar-refractivity contribution in [3.8, 4) is 11.5 Å². The lowest BCUT2D eigenvalue weighted by Gasteiger charge is -2.15. The van der Waals surface area contributed by atoms with Crippen molar-refractivity contribution in [3.63, 3.8) is 0 Å². The van der Waals surface area contributed by atoms with Gasteiger partial charge in [-0.25, -0.2) is 0 Å². The highest BCUT2D eigenvalue weighted by Gasteiger charge is 2.08. The summed E-state index contributed by atoms with van der Waals surface area (Å²) in [7, 11) is 1.58. The molecule has 1 atom stereocenters. The fourth-order valence-electron chi connectivity index (χ4n) is 1.36. The molecule has 1 rings (SSSR count). The normalized spacial score (nSPS) is 12.4. The highest BCUT2D eigenvalue weighted by Crippen LogP contribution is 2.29. The summed E-state index contributed by atoms with van der Waals surface area (Å²) in [6, 6.07) is 5.47. The van der Waals surface area contributed by atoms with Gasteiger partial charge in [-0.2, -0.15) is 0 Å². The molecule has 0 fully saturated rings. The first kappa shape index (κ1) is 14.1. The van der Waals surface area contributed by atoms with Gasteiger partial charge in [0.05, 0.1) is 13.2 Å². The highest BCUT2D eigenvalue weighted by atomic mass is 16.5. The Morgan fingerprint density at radius 3 is 2.72 bits per heavy atom. The quantitative estimate of drug-likeness (QED) is 0.787. The molecule has 1 unspecified atom stereocenters. The summed E-state index contributed by atoms with van der Waals surface area (Å²) in [5, 5.41) is 0. The van der Waals surface area contributed by atoms with Crippen molar-refractivity contribution in [2.24, 2.45) is 5.73 Å². The SMILES string of the molecule is CCC(C)Oc1ccc(/C=C/C(N)=O)cc1OC. The molecule has 18 heavy (non-hydrogen) atoms. The standard InChI is InChI=1S/C14H19NO3/c1-4-10(2)18-12-7-5-11(6-8-14(15)16)9-13(12)17-3/h5-10H,4H2,1-3H3,(H2,15,16)/b8-6+. The van der Waals surface area contributed by atoms with Crippen LogP contribution in [-0.2, 0) is 4.79 Å². The number of ether oxygens (including phenoxy) is 2. The second kappa shape index (κ2) is 6.69. The Kier molecular flexibility index (Phi) is 5.24. The van der Waals surface area contributed by atoms with Crippen molar-refractivity contribution >= 4 is 12.0 Å². The summed E-state index contributed by atoms with van der Waals surface area (Å²) >= 11 is 0. The van der Waals surface area contributed by atoms with Gasteiger partial charge >= 0.3 is 0 Å². The average Bonchev–Trinajstić information content (AvgIpc) is 2.37. The van der Waals surface area contributed by atoms with Gasteiger partial charge in [0.2, 0.25) is 5.91 Å². The summed E-state index contributed by atoms with van der Waals surface area (Å²) < 4.78 is 11.0. The molecule has 0 saturated carbocycles. The lowest BCUT2D eigenvalue weighted by atomic mass is 10.2. The van der Waals surface area contributed by atoms with Crippen LogP contribution in [-0.4, -0.2) is 19.1 Å². The molecule has 1 amide bonds. The Labute approximate surface area is 107 Å². The fourth-order valence-corrected chi connectivity index (χ4v) is 1.36. The minimum absolute atomic E-state index is 0.130. The van der Waals surface area contributed by atoms with Gasteiger partial charge in [-0.3, -0.25) is 4.79 Å². The van der Waals surface area contributed by atoms with Crippen molar-refractivity contribution in [1.82, 2.24) is 0 Å². The van der Waals surface area contributed by atoms with E-state index in [9.17, 15) is 4.79 Å². The van der Waals surface area contributed by atoms with Gasteiger partial charge in [-0.05, 0) is 37.1 Å². The van der Waals surface area contributed by atoms with E-state index < -0.39 is 5.91 Å². The first-order chi connectivity index (χ1) is 8.56. The van der Waals surface area contributed by atoms with Crippen LogP contribution < -0.4 is 15.2 Å². The van der Waals surface area contributed by atoms with E-state index in [1.165, 1.54) is 6.08 Å². The van der Waals surface area contributed by atoms with Crippen LogP contribution in [0.5, 0.6) is 11.5 Å². The number of nitrogens with two attached hydrogens (primary N) is 1. The number of carbonyl (C=O) groups is 1. The van der Waals surface area contributed by atoms with Gasteiger partial charge in [0.15, 0.2) is 11.5 Å². The molecule has 2 N–H and O–H groups in total. The first-order valence-electron chi connectivity index (χ1n) is 5.89. The lowest BCUT2D eigenvalue weighted by Crippen LogP contribution is -2.10. The van der Waals surface area contributed by atoms with Crippen LogP contribution in [0.15, 0.2) is 24.3 Å². The van der Waals surface area contributed by atoms with Crippen LogP contribution in [0.1, 0.15) is 25.8 Å². The molecule has 4 heteroatoms. The molecule has 0 heterocycles. The summed E-state index contributed by atoms with van der Waals surface area (Å²) in [6.45, 7) is 4.06. The van der Waals surface area contributed by atoms with Crippen molar-refractivity contribution in [3.05, 3.63) is 29.8 Å². The predicted octanol–water partition coefficient (Wildman–Crippen LogP) is 2.37. The van der Waals surface area contributed by atoms with Crippen LogP contribution in [0.2, 0.25) is 0 Å². The third kappa shape index (κ3) is 4.13. The molecule has 0 aromatic heterocycles. The maximum atomic E-state index is 10.7. The molecule has 1 aromatic carbocycles. The highest BCUT2D eigenvalue weighted by molar-refractivity contribution is 5.90. The second-order valence-corrected chi connectivity index (χ2v) is 3.98. The Bertz CT molecular complexity index is 441. The number of amides is 1. The molecular weight excluding hydrogens is 230 g/mol. The third-order valence-corrected chi connectivity index (χ3v) is 2.53. The monoisotopic (exact) mass is 249 g/mol. The molecule has 1 aromatic rings. The summed E-state index contributed by atoms with van der Waals surface area (Å²) in [4.78, 5) is 10.7. The van der Waals surface area contributed by atoms with E-state index in [1.54, 1.807) is 19.3 Å². The third-order valence-electron chi connectivity index (χ3n) is 2.53. The average molecular weight is 249 g/mol. The Balaban J connectivity index is 2.92. The topological polar surface area (TPSA) is 61.5 Å². The van der Waals surface area contributed by atoms with Crippen LogP contribution in [0.4, 0.5) is 0 Å². The molecule has 4 nitrogen and oxygen atoms in total. The smallest absolute Gasteiger partial charge is 0.241 e. The molecular formula is C14H19NO3. The maximum absolute atomic E-state index is 10.7. The van der Waals surface area contributed by atoms with Crippen molar-refractivity contribution in [1.29, 1.82) is 0 Å². The van der Waals surface area contributed by atoms with E-state index in [2.05, 4.69) is 6.92 Å². The van der Waals surface area contributed by atoms with Crippen molar-refractivity contribution in [2.45, 2.75) is 26.4 Å². The summed E-state index contributed by atoms with van der Waals surface area (Å²) in [6.07, 6.45) is 4.00. The number of methoxy groups -OCH3 is 1. The molecule has 0 radical (unpaired) electrons. The number of rotatable bonds is 6. The van der Waals surface area contributed by atoms with Gasteiger partial charge in [-0.1, -0.05) is 13.0 Å². The van der Waals surface area contributed by atoms with Crippen LogP contribution in [0.25, 0.3) is 6.08 Å². The van der Waals surface area contributed by atoms with Crippen LogP contribution in [0.3, 0.4) is 0 Å². The Morgan fingerprint density at radius 2 is 2.17 bits per heavy atom. The van der Waals surface area contributed by atoms with Gasteiger partial charge in [0.1, 0.15) is 0 Å². The maximum Gasteiger partial charge on any atom is 0.241 e. The summed E-state index contributed by atoms with van der Waals surface area (Å²) in [5.41, 5.74) is 5.88. The van der Waals surface area contributed by atoms with E-state index in [4.69, 9.17) is 15.2 Å². The Hall–Kier alpha value is -1.97. The first-order valence-corrected chi connectivity index (χ1v) is 5.89.